The van der Waals surface area contributed by atoms with Crippen molar-refractivity contribution in [3.63, 3.8) is 0 Å². The van der Waals surface area contributed by atoms with E-state index in [1.165, 1.54) is 30.1 Å². The lowest BCUT2D eigenvalue weighted by Crippen LogP contribution is -2.13. The van der Waals surface area contributed by atoms with Crippen LogP contribution in [0.1, 0.15) is 10.6 Å². The zero-order chi connectivity index (χ0) is 26.2. The van der Waals surface area contributed by atoms with Gasteiger partial charge in [0, 0.05) is 16.5 Å². The van der Waals surface area contributed by atoms with Crippen molar-refractivity contribution >= 4 is 33.5 Å². The highest BCUT2D eigenvalue weighted by molar-refractivity contribution is 7.15. The molecule has 5 aromatic rings. The molecule has 0 fully saturated rings. The molecule has 3 heterocycles. The van der Waals surface area contributed by atoms with Crippen LogP contribution in [0.4, 0.5) is 24.0 Å². The van der Waals surface area contributed by atoms with Crippen LogP contribution in [0.25, 0.3) is 27.6 Å². The number of nitrogens with one attached hydrogen (secondary N) is 1. The standard InChI is InChI=1S/C24H17F3N6O2S2/c1-13-20(24(25,26)27)37-22(28-13)31-30-19-18(15-8-10-16(35-2)11-9-15)32-33(21(19)34)23-29-17(12-36-23)14-6-4-3-5-7-14/h3-12,32H,1-2H3. The first-order valence-electron chi connectivity index (χ1n) is 10.7. The highest BCUT2D eigenvalue weighted by Crippen LogP contribution is 2.39. The molecule has 0 unspecified atom stereocenters. The number of aromatic amines is 1. The molecular weight excluding hydrogens is 525 g/mol. The molecule has 1 N–H and O–H groups in total. The van der Waals surface area contributed by atoms with Crippen molar-refractivity contribution in [1.29, 1.82) is 0 Å². The Morgan fingerprint density at radius 2 is 1.73 bits per heavy atom. The summed E-state index contributed by atoms with van der Waals surface area (Å²) in [6.07, 6.45) is -4.55. The second-order valence-electron chi connectivity index (χ2n) is 7.69. The lowest BCUT2D eigenvalue weighted by molar-refractivity contribution is -0.134. The van der Waals surface area contributed by atoms with E-state index in [-0.39, 0.29) is 16.5 Å². The molecule has 13 heteroatoms. The first-order chi connectivity index (χ1) is 17.7. The molecule has 0 radical (unpaired) electrons. The molecule has 8 nitrogen and oxygen atoms in total. The summed E-state index contributed by atoms with van der Waals surface area (Å²) in [5.41, 5.74) is 1.63. The smallest absolute Gasteiger partial charge is 0.427 e. The van der Waals surface area contributed by atoms with Crippen molar-refractivity contribution in [2.45, 2.75) is 13.1 Å². The number of azo groups is 1. The van der Waals surface area contributed by atoms with Gasteiger partial charge < -0.3 is 4.74 Å². The predicted molar refractivity (Wildman–Crippen MR) is 136 cm³/mol. The Bertz CT molecular complexity index is 1630. The van der Waals surface area contributed by atoms with Gasteiger partial charge in [-0.3, -0.25) is 9.89 Å². The van der Waals surface area contributed by atoms with Crippen LogP contribution in [-0.2, 0) is 6.18 Å². The predicted octanol–water partition coefficient (Wildman–Crippen LogP) is 7.16. The van der Waals surface area contributed by atoms with Gasteiger partial charge in [-0.05, 0) is 31.2 Å². The van der Waals surface area contributed by atoms with Crippen LogP contribution >= 0.6 is 22.7 Å². The molecule has 0 saturated heterocycles. The second-order valence-corrected chi connectivity index (χ2v) is 9.51. The number of aromatic nitrogens is 4. The summed E-state index contributed by atoms with van der Waals surface area (Å²) < 4.78 is 46.0. The molecule has 0 amide bonds. The van der Waals surface area contributed by atoms with Gasteiger partial charge in [0.25, 0.3) is 0 Å². The Balaban J connectivity index is 1.59. The third kappa shape index (κ3) is 4.95. The van der Waals surface area contributed by atoms with Crippen LogP contribution in [0.5, 0.6) is 5.75 Å². The molecule has 0 saturated carbocycles. The van der Waals surface area contributed by atoms with E-state index >= 15 is 0 Å². The number of halogens is 3. The molecule has 0 aliphatic heterocycles. The summed E-state index contributed by atoms with van der Waals surface area (Å²) in [7, 11) is 1.53. The van der Waals surface area contributed by atoms with Crippen molar-refractivity contribution < 1.29 is 17.9 Å². The van der Waals surface area contributed by atoms with Gasteiger partial charge >= 0.3 is 11.7 Å². The van der Waals surface area contributed by atoms with Gasteiger partial charge in [0.05, 0.1) is 24.2 Å². The summed E-state index contributed by atoms with van der Waals surface area (Å²) in [5, 5.41) is 12.9. The molecule has 0 aliphatic carbocycles. The lowest BCUT2D eigenvalue weighted by Gasteiger charge is -2.02. The van der Waals surface area contributed by atoms with E-state index in [4.69, 9.17) is 4.74 Å². The molecular formula is C24H17F3N6O2S2. The number of thiazole rings is 2. The van der Waals surface area contributed by atoms with Crippen molar-refractivity contribution in [3.05, 3.63) is 80.9 Å². The molecule has 0 atom stereocenters. The van der Waals surface area contributed by atoms with Crippen molar-refractivity contribution in [2.24, 2.45) is 10.2 Å². The first-order valence-corrected chi connectivity index (χ1v) is 12.4. The number of H-pyrrole nitrogens is 1. The van der Waals surface area contributed by atoms with Crippen molar-refractivity contribution in [2.75, 3.05) is 7.11 Å². The average molecular weight is 543 g/mol. The number of ether oxygens (including phenoxy) is 1. The van der Waals surface area contributed by atoms with Gasteiger partial charge in [0.15, 0.2) is 5.69 Å². The van der Waals surface area contributed by atoms with Gasteiger partial charge in [-0.1, -0.05) is 41.7 Å². The summed E-state index contributed by atoms with van der Waals surface area (Å²) in [6, 6.07) is 16.4. The number of hydrogen-bond acceptors (Lipinski definition) is 8. The van der Waals surface area contributed by atoms with Crippen LogP contribution < -0.4 is 10.3 Å². The molecule has 2 aromatic carbocycles. The van der Waals surface area contributed by atoms with Crippen LogP contribution in [0.15, 0.2) is 75.0 Å². The van der Waals surface area contributed by atoms with Crippen LogP contribution in [-0.4, -0.2) is 26.9 Å². The number of hydrogen-bond donors (Lipinski definition) is 1. The van der Waals surface area contributed by atoms with Gasteiger partial charge in [-0.2, -0.15) is 17.9 Å². The summed E-state index contributed by atoms with van der Waals surface area (Å²) in [5.74, 6) is 0.610. The van der Waals surface area contributed by atoms with Gasteiger partial charge in [0.2, 0.25) is 10.3 Å². The Hall–Kier alpha value is -4.10. The Labute approximate surface area is 215 Å². The summed E-state index contributed by atoms with van der Waals surface area (Å²) in [6.45, 7) is 1.25. The minimum Gasteiger partial charge on any atom is -0.497 e. The van der Waals surface area contributed by atoms with E-state index in [1.54, 1.807) is 24.3 Å². The maximum atomic E-state index is 13.4. The van der Waals surface area contributed by atoms with Crippen molar-refractivity contribution in [3.8, 4) is 33.4 Å². The Morgan fingerprint density at radius 3 is 2.38 bits per heavy atom. The van der Waals surface area contributed by atoms with Crippen molar-refractivity contribution in [1.82, 2.24) is 19.7 Å². The van der Waals surface area contributed by atoms with Crippen LogP contribution in [0, 0.1) is 6.92 Å². The van der Waals surface area contributed by atoms with Gasteiger partial charge in [-0.15, -0.1) is 21.6 Å². The number of rotatable bonds is 6. The number of alkyl halides is 3. The fraction of sp³-hybridized carbons (Fsp3) is 0.125. The Kier molecular flexibility index (Phi) is 6.48. The number of methoxy groups -OCH3 is 1. The van der Waals surface area contributed by atoms with E-state index in [2.05, 4.69) is 25.3 Å². The van der Waals surface area contributed by atoms with Gasteiger partial charge in [-0.25, -0.2) is 9.97 Å². The Morgan fingerprint density at radius 1 is 1.00 bits per heavy atom. The maximum Gasteiger partial charge on any atom is 0.427 e. The fourth-order valence-electron chi connectivity index (χ4n) is 3.50. The SMILES string of the molecule is COc1ccc(-c2[nH]n(-c3nc(-c4ccccc4)cs3)c(=O)c2N=Nc2nc(C)c(C(F)(F)F)s2)cc1. The molecule has 0 bridgehead atoms. The van der Waals surface area contributed by atoms with Crippen LogP contribution in [0.2, 0.25) is 0 Å². The zero-order valence-corrected chi connectivity index (χ0v) is 20.9. The summed E-state index contributed by atoms with van der Waals surface area (Å²) >= 11 is 1.61. The highest BCUT2D eigenvalue weighted by atomic mass is 32.1. The average Bonchev–Trinajstić information content (AvgIpc) is 3.60. The van der Waals surface area contributed by atoms with E-state index in [1.807, 2.05) is 35.7 Å². The maximum absolute atomic E-state index is 13.4. The second kappa shape index (κ2) is 9.75. The normalized spacial score (nSPS) is 11.9. The summed E-state index contributed by atoms with van der Waals surface area (Å²) in [4.78, 5) is 21.0. The fourth-order valence-corrected chi connectivity index (χ4v) is 5.05. The zero-order valence-electron chi connectivity index (χ0n) is 19.3. The topological polar surface area (TPSA) is 97.5 Å². The van der Waals surface area contributed by atoms with E-state index in [0.717, 1.165) is 5.56 Å². The quantitative estimate of drug-likeness (QED) is 0.230. The molecule has 37 heavy (non-hydrogen) atoms. The van der Waals surface area contributed by atoms with E-state index in [9.17, 15) is 18.0 Å². The largest absolute Gasteiger partial charge is 0.497 e. The highest BCUT2D eigenvalue weighted by Gasteiger charge is 2.36. The molecule has 0 spiro atoms. The third-order valence-corrected chi connectivity index (χ3v) is 7.19. The number of nitrogens with zero attached hydrogens (tertiary/aromatic N) is 5. The molecule has 5 rings (SSSR count). The van der Waals surface area contributed by atoms with E-state index in [0.29, 0.717) is 39.2 Å². The lowest BCUT2D eigenvalue weighted by atomic mass is 10.1. The van der Waals surface area contributed by atoms with Crippen LogP contribution in [0.3, 0.4) is 0 Å². The number of aryl methyl sites for hydroxylation is 1. The number of benzene rings is 2. The molecule has 0 aliphatic rings. The van der Waals surface area contributed by atoms with Gasteiger partial charge in [0.1, 0.15) is 10.6 Å². The molecule has 3 aromatic heterocycles. The molecule has 188 valence electrons. The third-order valence-electron chi connectivity index (χ3n) is 5.28. The first kappa shape index (κ1) is 24.6. The minimum absolute atomic E-state index is 0.0944. The minimum atomic E-state index is -4.55. The van der Waals surface area contributed by atoms with E-state index < -0.39 is 16.6 Å². The monoisotopic (exact) mass is 542 g/mol.